The Morgan fingerprint density at radius 3 is 2.31 bits per heavy atom. The number of aliphatic hydroxyl groups is 1. The van der Waals surface area contributed by atoms with Crippen LogP contribution in [0.3, 0.4) is 0 Å². The molecule has 0 bridgehead atoms. The molecule has 0 aromatic carbocycles. The number of hydrogen-bond acceptors (Lipinski definition) is 2. The van der Waals surface area contributed by atoms with Crippen molar-refractivity contribution in [1.29, 1.82) is 0 Å². The lowest BCUT2D eigenvalue weighted by Crippen LogP contribution is -2.30. The van der Waals surface area contributed by atoms with E-state index in [1.54, 1.807) is 0 Å². The van der Waals surface area contributed by atoms with E-state index in [2.05, 4.69) is 26.1 Å². The Morgan fingerprint density at radius 1 is 1.00 bits per heavy atom. The van der Waals surface area contributed by atoms with Crippen molar-refractivity contribution in [2.75, 3.05) is 13.2 Å². The predicted molar refractivity (Wildman–Crippen MR) is 71.7 cm³/mol. The van der Waals surface area contributed by atoms with Gasteiger partial charge in [0.05, 0.1) is 0 Å². The zero-order valence-electron chi connectivity index (χ0n) is 11.5. The maximum absolute atomic E-state index is 8.80. The monoisotopic (exact) mass is 229 g/mol. The van der Waals surface area contributed by atoms with Crippen molar-refractivity contribution in [2.45, 2.75) is 71.8 Å². The van der Waals surface area contributed by atoms with E-state index >= 15 is 0 Å². The molecule has 0 aromatic rings. The Labute approximate surface area is 102 Å². The van der Waals surface area contributed by atoms with Crippen LogP contribution in [0.2, 0.25) is 0 Å². The van der Waals surface area contributed by atoms with Crippen LogP contribution in [-0.4, -0.2) is 24.3 Å². The fourth-order valence-electron chi connectivity index (χ4n) is 1.88. The largest absolute Gasteiger partial charge is 0.396 e. The third-order valence-electron chi connectivity index (χ3n) is 3.18. The van der Waals surface area contributed by atoms with Gasteiger partial charge in [-0.25, -0.2) is 0 Å². The molecule has 0 fully saturated rings. The highest BCUT2D eigenvalue weighted by atomic mass is 16.3. The molecule has 2 nitrogen and oxygen atoms in total. The van der Waals surface area contributed by atoms with Crippen molar-refractivity contribution < 1.29 is 5.11 Å². The van der Waals surface area contributed by atoms with Crippen LogP contribution in [0.4, 0.5) is 0 Å². The molecule has 0 aromatic heterocycles. The van der Waals surface area contributed by atoms with Gasteiger partial charge in [-0.2, -0.15) is 0 Å². The minimum atomic E-state index is 0.314. The fourth-order valence-corrected chi connectivity index (χ4v) is 1.88. The number of hydrogen-bond donors (Lipinski definition) is 2. The molecule has 0 amide bonds. The van der Waals surface area contributed by atoms with E-state index in [0.717, 1.165) is 13.0 Å². The fraction of sp³-hybridized carbons (Fsp3) is 1.00. The molecule has 2 unspecified atom stereocenters. The molecule has 2 N–H and O–H groups in total. The Kier molecular flexibility index (Phi) is 11.3. The first kappa shape index (κ1) is 15.9. The lowest BCUT2D eigenvalue weighted by Gasteiger charge is -2.17. The third kappa shape index (κ3) is 10.4. The van der Waals surface area contributed by atoms with Gasteiger partial charge in [0.1, 0.15) is 0 Å². The summed E-state index contributed by atoms with van der Waals surface area (Å²) in [5.74, 6) is 0.590. The quantitative estimate of drug-likeness (QED) is 0.533. The van der Waals surface area contributed by atoms with E-state index in [1.165, 1.54) is 38.5 Å². The van der Waals surface area contributed by atoms with Crippen LogP contribution < -0.4 is 5.32 Å². The number of nitrogens with one attached hydrogen (secondary N) is 1. The zero-order valence-corrected chi connectivity index (χ0v) is 11.5. The van der Waals surface area contributed by atoms with E-state index in [0.29, 0.717) is 18.6 Å². The summed E-state index contributed by atoms with van der Waals surface area (Å²) in [7, 11) is 0. The molecule has 2 heteroatoms. The molecular formula is C14H31NO. The molecule has 0 saturated heterocycles. The molecule has 0 aliphatic heterocycles. The van der Waals surface area contributed by atoms with Crippen molar-refractivity contribution in [2.24, 2.45) is 5.92 Å². The van der Waals surface area contributed by atoms with Crippen LogP contribution >= 0.6 is 0 Å². The molecule has 2 atom stereocenters. The van der Waals surface area contributed by atoms with E-state index in [9.17, 15) is 0 Å². The SMILES string of the molecule is CCCCCCCC(C)NCC(C)CCO. The number of rotatable bonds is 11. The summed E-state index contributed by atoms with van der Waals surface area (Å²) in [6.45, 7) is 8.07. The second-order valence-corrected chi connectivity index (χ2v) is 5.13. The molecular weight excluding hydrogens is 198 g/mol. The highest BCUT2D eigenvalue weighted by Crippen LogP contribution is 2.07. The standard InChI is InChI=1S/C14H31NO/c1-4-5-6-7-8-9-14(3)15-12-13(2)10-11-16/h13-16H,4-12H2,1-3H3. The van der Waals surface area contributed by atoms with Gasteiger partial charge in [0.2, 0.25) is 0 Å². The van der Waals surface area contributed by atoms with E-state index < -0.39 is 0 Å². The minimum absolute atomic E-state index is 0.314. The summed E-state index contributed by atoms with van der Waals surface area (Å²) in [6, 6.07) is 0.628. The van der Waals surface area contributed by atoms with Crippen LogP contribution in [0.1, 0.15) is 65.7 Å². The summed E-state index contributed by atoms with van der Waals surface area (Å²) in [5.41, 5.74) is 0. The van der Waals surface area contributed by atoms with Crippen molar-refractivity contribution in [3.05, 3.63) is 0 Å². The lowest BCUT2D eigenvalue weighted by molar-refractivity contribution is 0.257. The van der Waals surface area contributed by atoms with Gasteiger partial charge in [-0.05, 0) is 32.2 Å². The van der Waals surface area contributed by atoms with Crippen molar-refractivity contribution >= 4 is 0 Å². The Bertz CT molecular complexity index is 139. The van der Waals surface area contributed by atoms with Crippen LogP contribution in [0.25, 0.3) is 0 Å². The summed E-state index contributed by atoms with van der Waals surface area (Å²) in [4.78, 5) is 0. The molecule has 0 aliphatic carbocycles. The summed E-state index contributed by atoms with van der Waals surface area (Å²) >= 11 is 0. The average Bonchev–Trinajstić information content (AvgIpc) is 2.26. The van der Waals surface area contributed by atoms with E-state index in [-0.39, 0.29) is 0 Å². The van der Waals surface area contributed by atoms with Crippen LogP contribution in [-0.2, 0) is 0 Å². The topological polar surface area (TPSA) is 32.3 Å². The van der Waals surface area contributed by atoms with Crippen LogP contribution in [0.5, 0.6) is 0 Å². The van der Waals surface area contributed by atoms with Gasteiger partial charge in [0.15, 0.2) is 0 Å². The highest BCUT2D eigenvalue weighted by molar-refractivity contribution is 4.64. The molecule has 0 aliphatic rings. The second-order valence-electron chi connectivity index (χ2n) is 5.13. The third-order valence-corrected chi connectivity index (χ3v) is 3.18. The molecule has 98 valence electrons. The molecule has 16 heavy (non-hydrogen) atoms. The highest BCUT2D eigenvalue weighted by Gasteiger charge is 2.04. The van der Waals surface area contributed by atoms with Gasteiger partial charge in [-0.15, -0.1) is 0 Å². The van der Waals surface area contributed by atoms with Crippen molar-refractivity contribution in [1.82, 2.24) is 5.32 Å². The van der Waals surface area contributed by atoms with Crippen LogP contribution in [0, 0.1) is 5.92 Å². The van der Waals surface area contributed by atoms with E-state index in [4.69, 9.17) is 5.11 Å². The van der Waals surface area contributed by atoms with Crippen LogP contribution in [0.15, 0.2) is 0 Å². The first-order valence-corrected chi connectivity index (χ1v) is 7.05. The van der Waals surface area contributed by atoms with Crippen molar-refractivity contribution in [3.63, 3.8) is 0 Å². The van der Waals surface area contributed by atoms with Gasteiger partial charge in [0.25, 0.3) is 0 Å². The number of aliphatic hydroxyl groups excluding tert-OH is 1. The Morgan fingerprint density at radius 2 is 1.69 bits per heavy atom. The van der Waals surface area contributed by atoms with Crippen molar-refractivity contribution in [3.8, 4) is 0 Å². The van der Waals surface area contributed by atoms with E-state index in [1.807, 2.05) is 0 Å². The Hall–Kier alpha value is -0.0800. The summed E-state index contributed by atoms with van der Waals surface area (Å²) in [6.07, 6.45) is 9.03. The molecule has 0 rings (SSSR count). The average molecular weight is 229 g/mol. The van der Waals surface area contributed by atoms with Gasteiger partial charge in [0, 0.05) is 12.6 Å². The molecule has 0 heterocycles. The van der Waals surface area contributed by atoms with Gasteiger partial charge in [-0.1, -0.05) is 46.0 Å². The lowest BCUT2D eigenvalue weighted by atomic mass is 10.1. The first-order chi connectivity index (χ1) is 7.70. The molecule has 0 radical (unpaired) electrons. The molecule has 0 saturated carbocycles. The van der Waals surface area contributed by atoms with Gasteiger partial charge < -0.3 is 10.4 Å². The molecule has 0 spiro atoms. The number of unbranched alkanes of at least 4 members (excludes halogenated alkanes) is 4. The summed E-state index contributed by atoms with van der Waals surface area (Å²) < 4.78 is 0. The predicted octanol–water partition coefficient (Wildman–Crippen LogP) is 3.34. The van der Waals surface area contributed by atoms with Gasteiger partial charge >= 0.3 is 0 Å². The zero-order chi connectivity index (χ0) is 12.2. The minimum Gasteiger partial charge on any atom is -0.396 e. The maximum Gasteiger partial charge on any atom is 0.0434 e. The Balaban J connectivity index is 3.27. The maximum atomic E-state index is 8.80. The first-order valence-electron chi connectivity index (χ1n) is 7.05. The van der Waals surface area contributed by atoms with Gasteiger partial charge in [-0.3, -0.25) is 0 Å². The smallest absolute Gasteiger partial charge is 0.0434 e. The summed E-state index contributed by atoms with van der Waals surface area (Å²) in [5, 5.41) is 12.3. The normalized spacial score (nSPS) is 15.0. The second kappa shape index (κ2) is 11.4.